The average Bonchev–Trinajstić information content (AvgIpc) is 3.14. The number of benzene rings is 1. The number of carbonyl (C=O) groups excluding carboxylic acids is 1. The van der Waals surface area contributed by atoms with E-state index in [0.29, 0.717) is 30.5 Å². The molecular weight excluding hydrogens is 346 g/mol. The van der Waals surface area contributed by atoms with E-state index < -0.39 is 0 Å². The first kappa shape index (κ1) is 18.1. The van der Waals surface area contributed by atoms with Crippen molar-refractivity contribution < 1.29 is 4.79 Å². The van der Waals surface area contributed by atoms with Crippen LogP contribution >= 0.6 is 11.3 Å². The molecule has 0 atom stereocenters. The van der Waals surface area contributed by atoms with Crippen molar-refractivity contribution in [2.45, 2.75) is 26.4 Å². The molecule has 0 spiro atoms. The monoisotopic (exact) mass is 367 g/mol. The number of nitrogens with zero attached hydrogens (tertiary/aromatic N) is 3. The molecule has 1 aromatic carbocycles. The predicted octanol–water partition coefficient (Wildman–Crippen LogP) is 3.37. The Balaban J connectivity index is 1.73. The number of aryl methyl sites for hydroxylation is 2. The van der Waals surface area contributed by atoms with Crippen LogP contribution in [0.3, 0.4) is 0 Å². The SMILES string of the molecule is C=CCN(Cc1cccs1)C(=O)CCn1cnc2c(C)cccc2c1=O. The number of fused-ring (bicyclic) bond motifs is 1. The van der Waals surface area contributed by atoms with Crippen molar-refractivity contribution in [3.8, 4) is 0 Å². The van der Waals surface area contributed by atoms with Crippen molar-refractivity contribution in [3.63, 3.8) is 0 Å². The van der Waals surface area contributed by atoms with Crippen LogP contribution in [0, 0.1) is 6.92 Å². The van der Waals surface area contributed by atoms with Gasteiger partial charge in [-0.1, -0.05) is 24.3 Å². The Morgan fingerprint density at radius 2 is 2.19 bits per heavy atom. The topological polar surface area (TPSA) is 55.2 Å². The van der Waals surface area contributed by atoms with Crippen LogP contribution in [0.1, 0.15) is 16.9 Å². The highest BCUT2D eigenvalue weighted by molar-refractivity contribution is 7.09. The molecule has 0 aliphatic heterocycles. The van der Waals surface area contributed by atoms with Gasteiger partial charge >= 0.3 is 0 Å². The lowest BCUT2D eigenvalue weighted by Gasteiger charge is -2.20. The molecule has 6 heteroatoms. The molecule has 0 aliphatic rings. The second-order valence-electron chi connectivity index (χ2n) is 6.11. The zero-order valence-electron chi connectivity index (χ0n) is 14.7. The van der Waals surface area contributed by atoms with E-state index in [1.807, 2.05) is 36.6 Å². The van der Waals surface area contributed by atoms with Crippen LogP contribution in [0.5, 0.6) is 0 Å². The first-order valence-corrected chi connectivity index (χ1v) is 9.34. The maximum atomic E-state index is 12.6. The summed E-state index contributed by atoms with van der Waals surface area (Å²) in [5, 5.41) is 2.58. The van der Waals surface area contributed by atoms with Gasteiger partial charge in [0.05, 0.1) is 23.8 Å². The third-order valence-corrected chi connectivity index (χ3v) is 5.11. The van der Waals surface area contributed by atoms with Gasteiger partial charge in [-0.15, -0.1) is 17.9 Å². The van der Waals surface area contributed by atoms with E-state index in [1.54, 1.807) is 28.4 Å². The van der Waals surface area contributed by atoms with Crippen LogP contribution in [0.4, 0.5) is 0 Å². The number of hydrogen-bond donors (Lipinski definition) is 0. The van der Waals surface area contributed by atoms with Gasteiger partial charge in [0.2, 0.25) is 5.91 Å². The van der Waals surface area contributed by atoms with E-state index in [1.165, 1.54) is 10.9 Å². The first-order chi connectivity index (χ1) is 12.6. The van der Waals surface area contributed by atoms with E-state index in [4.69, 9.17) is 0 Å². The lowest BCUT2D eigenvalue weighted by Crippen LogP contribution is -2.32. The quantitative estimate of drug-likeness (QED) is 0.602. The molecule has 0 saturated heterocycles. The van der Waals surface area contributed by atoms with Crippen LogP contribution in [0.15, 0.2) is 59.5 Å². The molecule has 0 N–H and O–H groups in total. The van der Waals surface area contributed by atoms with Crippen LogP contribution in [0.25, 0.3) is 10.9 Å². The van der Waals surface area contributed by atoms with Gasteiger partial charge in [-0.25, -0.2) is 4.98 Å². The summed E-state index contributed by atoms with van der Waals surface area (Å²) in [7, 11) is 0. The highest BCUT2D eigenvalue weighted by Crippen LogP contribution is 2.14. The fraction of sp³-hybridized carbons (Fsp3) is 0.250. The minimum atomic E-state index is -0.111. The third-order valence-electron chi connectivity index (χ3n) is 4.25. The van der Waals surface area contributed by atoms with E-state index in [2.05, 4.69) is 11.6 Å². The van der Waals surface area contributed by atoms with Gasteiger partial charge in [0.1, 0.15) is 0 Å². The fourth-order valence-corrected chi connectivity index (χ4v) is 3.59. The van der Waals surface area contributed by atoms with E-state index >= 15 is 0 Å². The Labute approximate surface area is 156 Å². The molecular formula is C20H21N3O2S. The van der Waals surface area contributed by atoms with Crippen LogP contribution in [-0.2, 0) is 17.9 Å². The van der Waals surface area contributed by atoms with Crippen LogP contribution in [-0.4, -0.2) is 26.9 Å². The van der Waals surface area contributed by atoms with Crippen LogP contribution in [0.2, 0.25) is 0 Å². The van der Waals surface area contributed by atoms with Gasteiger partial charge in [0.15, 0.2) is 0 Å². The van der Waals surface area contributed by atoms with Gasteiger partial charge in [-0.2, -0.15) is 0 Å². The Kier molecular flexibility index (Phi) is 5.63. The summed E-state index contributed by atoms with van der Waals surface area (Å²) in [6.07, 6.45) is 3.50. The number of carbonyl (C=O) groups is 1. The summed E-state index contributed by atoms with van der Waals surface area (Å²) in [5.41, 5.74) is 1.57. The van der Waals surface area contributed by atoms with Crippen molar-refractivity contribution in [1.82, 2.24) is 14.5 Å². The zero-order valence-corrected chi connectivity index (χ0v) is 15.5. The van der Waals surface area contributed by atoms with Gasteiger partial charge in [-0.3, -0.25) is 14.2 Å². The normalized spacial score (nSPS) is 10.8. The second-order valence-corrected chi connectivity index (χ2v) is 7.14. The van der Waals surface area contributed by atoms with Gasteiger partial charge in [-0.05, 0) is 30.0 Å². The number of hydrogen-bond acceptors (Lipinski definition) is 4. The van der Waals surface area contributed by atoms with E-state index in [0.717, 1.165) is 10.4 Å². The van der Waals surface area contributed by atoms with Gasteiger partial charge in [0, 0.05) is 24.4 Å². The fourth-order valence-electron chi connectivity index (χ4n) is 2.87. The number of amides is 1. The lowest BCUT2D eigenvalue weighted by molar-refractivity contribution is -0.131. The zero-order chi connectivity index (χ0) is 18.5. The highest BCUT2D eigenvalue weighted by Gasteiger charge is 2.14. The second kappa shape index (κ2) is 8.10. The molecule has 0 bridgehead atoms. The smallest absolute Gasteiger partial charge is 0.261 e. The average molecular weight is 367 g/mol. The van der Waals surface area contributed by atoms with Crippen molar-refractivity contribution in [3.05, 3.63) is 75.5 Å². The molecule has 2 heterocycles. The minimum Gasteiger partial charge on any atom is -0.334 e. The van der Waals surface area contributed by atoms with Crippen LogP contribution < -0.4 is 5.56 Å². The molecule has 26 heavy (non-hydrogen) atoms. The molecule has 3 rings (SSSR count). The molecule has 0 saturated carbocycles. The highest BCUT2D eigenvalue weighted by atomic mass is 32.1. The summed E-state index contributed by atoms with van der Waals surface area (Å²) in [5.74, 6) is -0.00506. The summed E-state index contributed by atoms with van der Waals surface area (Å²) >= 11 is 1.62. The van der Waals surface area contributed by atoms with Gasteiger partial charge < -0.3 is 4.90 Å². The molecule has 2 aromatic heterocycles. The Morgan fingerprint density at radius 1 is 1.35 bits per heavy atom. The maximum absolute atomic E-state index is 12.6. The van der Waals surface area contributed by atoms with E-state index in [-0.39, 0.29) is 17.9 Å². The molecule has 3 aromatic rings. The number of para-hydroxylation sites is 1. The molecule has 5 nitrogen and oxygen atoms in total. The largest absolute Gasteiger partial charge is 0.334 e. The first-order valence-electron chi connectivity index (χ1n) is 8.46. The van der Waals surface area contributed by atoms with Crippen molar-refractivity contribution in [1.29, 1.82) is 0 Å². The molecule has 134 valence electrons. The molecule has 0 aliphatic carbocycles. The summed E-state index contributed by atoms with van der Waals surface area (Å²) in [6, 6.07) is 9.53. The Morgan fingerprint density at radius 3 is 2.92 bits per heavy atom. The minimum absolute atomic E-state index is 0.00506. The standard InChI is InChI=1S/C20H21N3O2S/c1-3-10-22(13-16-7-5-12-26-16)18(24)9-11-23-14-21-19-15(2)6-4-8-17(19)20(23)25/h3-8,12,14H,1,9-11,13H2,2H3. The number of rotatable bonds is 7. The number of thiophene rings is 1. The molecule has 1 amide bonds. The number of aromatic nitrogens is 2. The van der Waals surface area contributed by atoms with Crippen molar-refractivity contribution >= 4 is 28.1 Å². The predicted molar refractivity (Wildman–Crippen MR) is 105 cm³/mol. The lowest BCUT2D eigenvalue weighted by atomic mass is 10.1. The Bertz CT molecular complexity index is 976. The molecule has 0 unspecified atom stereocenters. The molecule has 0 radical (unpaired) electrons. The Hall–Kier alpha value is -2.73. The van der Waals surface area contributed by atoms with Crippen molar-refractivity contribution in [2.75, 3.05) is 6.54 Å². The summed E-state index contributed by atoms with van der Waals surface area (Å²) < 4.78 is 1.51. The summed E-state index contributed by atoms with van der Waals surface area (Å²) in [6.45, 7) is 7.02. The molecule has 0 fully saturated rings. The third kappa shape index (κ3) is 3.91. The van der Waals surface area contributed by atoms with E-state index in [9.17, 15) is 9.59 Å². The summed E-state index contributed by atoms with van der Waals surface area (Å²) in [4.78, 5) is 32.5. The maximum Gasteiger partial charge on any atom is 0.261 e. The van der Waals surface area contributed by atoms with Crippen molar-refractivity contribution in [2.24, 2.45) is 0 Å². The van der Waals surface area contributed by atoms with Gasteiger partial charge in [0.25, 0.3) is 5.56 Å².